The third kappa shape index (κ3) is 3.37. The van der Waals surface area contributed by atoms with Crippen LogP contribution < -0.4 is 19.1 Å². The molecule has 8 atom stereocenters. The summed E-state index contributed by atoms with van der Waals surface area (Å²) < 4.78 is 28.7. The molecule has 2 aromatic carbocycles. The molecule has 6 bridgehead atoms. The molecule has 43 heavy (non-hydrogen) atoms. The van der Waals surface area contributed by atoms with Gasteiger partial charge in [0.05, 0.1) is 39.9 Å². The largest absolute Gasteiger partial charge is 0.493 e. The van der Waals surface area contributed by atoms with Gasteiger partial charge in [-0.05, 0) is 55.2 Å². The van der Waals surface area contributed by atoms with E-state index >= 15 is 0 Å². The molecule has 0 aromatic heterocycles. The molecule has 1 saturated carbocycles. The molecule has 5 fully saturated rings. The normalized spacial score (nSPS) is 35.2. The lowest BCUT2D eigenvalue weighted by atomic mass is 9.58. The zero-order chi connectivity index (χ0) is 30.3. The maximum absolute atomic E-state index is 14.2. The van der Waals surface area contributed by atoms with Crippen LogP contribution in [0.1, 0.15) is 30.9 Å². The standard InChI is InChI=1S/C34H38N2O7/c1-7-20-18-36-24-16-22(20)34(32(38)42-6)27(36)17-33(21-10-8-9-11-23(21)35(2)30(24)33)31(34)43-28(37)13-12-19-14-25(39-3)29(41-5)26(15-19)40-4/h7-15,22,24,27,30-31H,16-18H2,1-6H3/b13-12+,20-7-/t22-,24-,27-,30+,31-,33+,34+/m0/s1. The number of anilines is 1. The van der Waals surface area contributed by atoms with E-state index in [0.717, 1.165) is 30.6 Å². The SMILES string of the molecule is C/C=C1/CN2[C@H]3C[C@@]45c6ccccc6N(C)[C@@H]4[C@@H]2C[C@@H]1[C@]3(C(=O)OC)[C@H]5OC(=O)/C=C/c1cc(OC)c(OC)c(OC)c1. The fraction of sp³-hybridized carbons (Fsp3) is 0.471. The number of benzene rings is 2. The van der Waals surface area contributed by atoms with Crippen molar-refractivity contribution in [2.45, 2.75) is 49.4 Å². The summed E-state index contributed by atoms with van der Waals surface area (Å²) >= 11 is 0. The molecule has 6 aliphatic rings. The maximum Gasteiger partial charge on any atom is 0.331 e. The summed E-state index contributed by atoms with van der Waals surface area (Å²) in [5.41, 5.74) is 2.65. The average molecular weight is 587 g/mol. The number of para-hydroxylation sites is 1. The van der Waals surface area contributed by atoms with Gasteiger partial charge in [-0.25, -0.2) is 4.79 Å². The summed E-state index contributed by atoms with van der Waals surface area (Å²) in [6, 6.07) is 12.2. The summed E-state index contributed by atoms with van der Waals surface area (Å²) in [5, 5.41) is 0. The van der Waals surface area contributed by atoms with Crippen LogP contribution >= 0.6 is 0 Å². The highest BCUT2D eigenvalue weighted by Crippen LogP contribution is 2.73. The Kier molecular flexibility index (Phi) is 6.32. The van der Waals surface area contributed by atoms with Crippen LogP contribution in [0.25, 0.3) is 6.08 Å². The molecule has 1 unspecified atom stereocenters. The predicted octanol–water partition coefficient (Wildman–Crippen LogP) is 3.99. The first-order valence-electron chi connectivity index (χ1n) is 14.8. The Bertz CT molecular complexity index is 1540. The molecule has 4 saturated heterocycles. The van der Waals surface area contributed by atoms with Gasteiger partial charge in [0.2, 0.25) is 5.75 Å². The Balaban J connectivity index is 1.35. The minimum absolute atomic E-state index is 0.0626. The summed E-state index contributed by atoms with van der Waals surface area (Å²) in [4.78, 5) is 32.9. The van der Waals surface area contributed by atoms with Crippen LogP contribution in [0.4, 0.5) is 5.69 Å². The number of carbonyl (C=O) groups excluding carboxylic acids is 2. The second-order valence-electron chi connectivity index (χ2n) is 12.3. The van der Waals surface area contributed by atoms with Crippen molar-refractivity contribution in [3.05, 3.63) is 65.3 Å². The number of esters is 2. The van der Waals surface area contributed by atoms with Gasteiger partial charge in [-0.2, -0.15) is 0 Å². The van der Waals surface area contributed by atoms with Gasteiger partial charge < -0.3 is 28.6 Å². The van der Waals surface area contributed by atoms with Crippen molar-refractivity contribution in [2.24, 2.45) is 11.3 Å². The van der Waals surface area contributed by atoms with Crippen molar-refractivity contribution in [2.75, 3.05) is 46.9 Å². The van der Waals surface area contributed by atoms with Gasteiger partial charge in [0.1, 0.15) is 11.5 Å². The first kappa shape index (κ1) is 27.8. The van der Waals surface area contributed by atoms with Crippen LogP contribution in [-0.2, 0) is 24.5 Å². The van der Waals surface area contributed by atoms with Crippen molar-refractivity contribution in [3.63, 3.8) is 0 Å². The molecule has 0 N–H and O–H groups in total. The molecule has 5 aliphatic heterocycles. The number of nitrogens with zero attached hydrogens (tertiary/aromatic N) is 2. The molecule has 5 heterocycles. The van der Waals surface area contributed by atoms with Crippen molar-refractivity contribution in [1.82, 2.24) is 4.90 Å². The Morgan fingerprint density at radius 1 is 1.02 bits per heavy atom. The average Bonchev–Trinajstić information content (AvgIpc) is 3.43. The van der Waals surface area contributed by atoms with E-state index in [-0.39, 0.29) is 30.0 Å². The molecule has 9 nitrogen and oxygen atoms in total. The third-order valence-corrected chi connectivity index (χ3v) is 11.0. The minimum Gasteiger partial charge on any atom is -0.493 e. The van der Waals surface area contributed by atoms with E-state index in [2.05, 4.69) is 41.1 Å². The van der Waals surface area contributed by atoms with Crippen molar-refractivity contribution >= 4 is 23.7 Å². The minimum atomic E-state index is -1.01. The van der Waals surface area contributed by atoms with Crippen molar-refractivity contribution in [3.8, 4) is 17.2 Å². The molecule has 9 heteroatoms. The number of piperidine rings is 4. The number of fused-ring (bicyclic) bond motifs is 2. The molecule has 1 spiro atoms. The van der Waals surface area contributed by atoms with Crippen LogP contribution in [0.5, 0.6) is 17.2 Å². The Labute approximate surface area is 252 Å². The van der Waals surface area contributed by atoms with E-state index in [1.807, 2.05) is 13.0 Å². The summed E-state index contributed by atoms with van der Waals surface area (Å²) in [6.07, 6.45) is 6.08. The van der Waals surface area contributed by atoms with E-state index in [1.165, 1.54) is 18.8 Å². The summed E-state index contributed by atoms with van der Waals surface area (Å²) in [6.45, 7) is 2.87. The zero-order valence-electron chi connectivity index (χ0n) is 25.5. The highest BCUT2D eigenvalue weighted by molar-refractivity contribution is 5.90. The first-order chi connectivity index (χ1) is 20.8. The van der Waals surface area contributed by atoms with E-state index in [4.69, 9.17) is 23.7 Å². The van der Waals surface area contributed by atoms with E-state index < -0.39 is 22.9 Å². The fourth-order valence-electron chi connectivity index (χ4n) is 9.66. The quantitative estimate of drug-likeness (QED) is 0.272. The third-order valence-electron chi connectivity index (χ3n) is 11.0. The van der Waals surface area contributed by atoms with Crippen LogP contribution in [0.2, 0.25) is 0 Å². The highest BCUT2D eigenvalue weighted by Gasteiger charge is 2.84. The van der Waals surface area contributed by atoms with Gasteiger partial charge >= 0.3 is 11.9 Å². The summed E-state index contributed by atoms with van der Waals surface area (Å²) in [5.74, 6) is 0.576. The molecule has 1 aliphatic carbocycles. The number of ether oxygens (including phenoxy) is 5. The van der Waals surface area contributed by atoms with Crippen LogP contribution in [-0.4, -0.2) is 83.1 Å². The summed E-state index contributed by atoms with van der Waals surface area (Å²) in [7, 11) is 8.24. The topological polar surface area (TPSA) is 86.8 Å². The molecular formula is C34H38N2O7. The number of rotatable bonds is 7. The predicted molar refractivity (Wildman–Crippen MR) is 161 cm³/mol. The van der Waals surface area contributed by atoms with Gasteiger partial charge in [-0.15, -0.1) is 0 Å². The monoisotopic (exact) mass is 586 g/mol. The second-order valence-corrected chi connectivity index (χ2v) is 12.3. The second kappa shape index (κ2) is 9.77. The molecule has 0 amide bonds. The highest BCUT2D eigenvalue weighted by atomic mass is 16.6. The molecule has 8 rings (SSSR count). The van der Waals surface area contributed by atoms with E-state index in [1.54, 1.807) is 39.5 Å². The maximum atomic E-state index is 14.2. The fourth-order valence-corrected chi connectivity index (χ4v) is 9.66. The lowest BCUT2D eigenvalue weighted by molar-refractivity contribution is -0.186. The van der Waals surface area contributed by atoms with Gasteiger partial charge in [-0.1, -0.05) is 29.8 Å². The molecule has 226 valence electrons. The Hall–Kier alpha value is -3.98. The number of methoxy groups -OCH3 is 4. The Morgan fingerprint density at radius 3 is 2.40 bits per heavy atom. The van der Waals surface area contributed by atoms with Gasteiger partial charge in [-0.3, -0.25) is 9.69 Å². The lowest BCUT2D eigenvalue weighted by Gasteiger charge is -2.61. The van der Waals surface area contributed by atoms with Gasteiger partial charge in [0, 0.05) is 43.4 Å². The smallest absolute Gasteiger partial charge is 0.331 e. The molecular weight excluding hydrogens is 548 g/mol. The zero-order valence-corrected chi connectivity index (χ0v) is 25.5. The van der Waals surface area contributed by atoms with E-state index in [9.17, 15) is 9.59 Å². The van der Waals surface area contributed by atoms with E-state index in [0.29, 0.717) is 22.8 Å². The number of likely N-dealkylation sites (N-methyl/N-ethyl adjacent to an activating group) is 1. The van der Waals surface area contributed by atoms with Gasteiger partial charge in [0.15, 0.2) is 11.5 Å². The number of carbonyl (C=O) groups is 2. The van der Waals surface area contributed by atoms with Crippen LogP contribution in [0, 0.1) is 11.3 Å². The lowest BCUT2D eigenvalue weighted by Crippen LogP contribution is -2.71. The molecule has 0 radical (unpaired) electrons. The number of hydrogen-bond donors (Lipinski definition) is 0. The molecule has 2 aromatic rings. The van der Waals surface area contributed by atoms with Crippen molar-refractivity contribution in [1.29, 1.82) is 0 Å². The van der Waals surface area contributed by atoms with Crippen LogP contribution in [0.3, 0.4) is 0 Å². The van der Waals surface area contributed by atoms with Crippen LogP contribution in [0.15, 0.2) is 54.1 Å². The van der Waals surface area contributed by atoms with Gasteiger partial charge in [0.25, 0.3) is 0 Å². The van der Waals surface area contributed by atoms with Crippen molar-refractivity contribution < 1.29 is 33.3 Å². The Morgan fingerprint density at radius 2 is 1.74 bits per heavy atom. The number of hydrogen-bond acceptors (Lipinski definition) is 9. The number of allylic oxidation sites excluding steroid dienone is 1. The first-order valence-corrected chi connectivity index (χ1v) is 14.8.